The van der Waals surface area contributed by atoms with Gasteiger partial charge in [-0.15, -0.1) is 0 Å². The SMILES string of the molecule is Cc1ccc(-c2ccc(C)c(C)c2)cc1.Cc1ccc(-c2ccc(CC(C)(C)C(F)(F)F)cc2)cc1.Cc1ccc(-c2ccc(CC(C)(C)C)cc2)cc1.Cc1ccc(-c2ccc(CC(C)C)cc2)cc1.Cc1ccc(-c2ccc(CC(C)C)cc2)cc1C.Cc1ccc(-c2ccccc2)cc1C. The summed E-state index contributed by atoms with van der Waals surface area (Å²) >= 11 is 0. The summed E-state index contributed by atoms with van der Waals surface area (Å²) < 4.78 is 38.7. The first-order chi connectivity index (χ1) is 48.8. The first-order valence-electron chi connectivity index (χ1n) is 36.8. The molecule has 0 atom stereocenters. The van der Waals surface area contributed by atoms with Crippen LogP contribution in [0.25, 0.3) is 66.8 Å². The summed E-state index contributed by atoms with van der Waals surface area (Å²) in [4.78, 5) is 0. The van der Waals surface area contributed by atoms with Crippen LogP contribution in [-0.4, -0.2) is 6.18 Å². The average Bonchev–Trinajstić information content (AvgIpc) is 0.834. The van der Waals surface area contributed by atoms with E-state index in [1.807, 2.05) is 49.4 Å². The molecule has 0 aromatic heterocycles. The Morgan fingerprint density at radius 2 is 0.447 bits per heavy atom. The molecule has 0 aliphatic heterocycles. The van der Waals surface area contributed by atoms with E-state index in [9.17, 15) is 13.2 Å². The predicted molar refractivity (Wildman–Crippen MR) is 442 cm³/mol. The molecule has 3 heteroatoms. The fourth-order valence-corrected chi connectivity index (χ4v) is 11.8. The lowest BCUT2D eigenvalue weighted by Gasteiger charge is -2.27. The molecular formula is C100H113F3. The molecule has 0 amide bonds. The zero-order chi connectivity index (χ0) is 75.0. The lowest BCUT2D eigenvalue weighted by atomic mass is 9.85. The first kappa shape index (κ1) is 80.7. The van der Waals surface area contributed by atoms with Crippen LogP contribution in [0.2, 0.25) is 0 Å². The molecule has 12 aromatic carbocycles. The van der Waals surface area contributed by atoms with Gasteiger partial charge in [0.15, 0.2) is 0 Å². The second kappa shape index (κ2) is 38.1. The molecule has 0 saturated carbocycles. The van der Waals surface area contributed by atoms with E-state index in [1.54, 1.807) is 12.1 Å². The summed E-state index contributed by atoms with van der Waals surface area (Å²) in [6, 6.07) is 98.8. The third kappa shape index (κ3) is 26.6. The molecule has 0 N–H and O–H groups in total. The number of halogens is 3. The molecule has 0 bridgehead atoms. The van der Waals surface area contributed by atoms with E-state index in [0.29, 0.717) is 11.0 Å². The molecule has 0 spiro atoms. The highest BCUT2D eigenvalue weighted by atomic mass is 19.4. The smallest absolute Gasteiger partial charge is 0.171 e. The van der Waals surface area contributed by atoms with Gasteiger partial charge in [-0.2, -0.15) is 13.2 Å². The molecule has 0 heterocycles. The Morgan fingerprint density at radius 3 is 0.680 bits per heavy atom. The lowest BCUT2D eigenvalue weighted by Crippen LogP contribution is -2.34. The molecule has 0 fully saturated rings. The summed E-state index contributed by atoms with van der Waals surface area (Å²) in [6.45, 7) is 39.7. The van der Waals surface area contributed by atoms with Gasteiger partial charge in [0, 0.05) is 0 Å². The normalized spacial score (nSPS) is 11.1. The second-order valence-corrected chi connectivity index (χ2v) is 31.0. The molecule has 12 aromatic rings. The van der Waals surface area contributed by atoms with Crippen LogP contribution in [0.3, 0.4) is 0 Å². The minimum atomic E-state index is -4.19. The average molecular weight is 1370 g/mol. The third-order valence-corrected chi connectivity index (χ3v) is 18.8. The standard InChI is InChI=1S/C18H19F3.2C18H22.C17H20.C15H16.C14H14/c1-13-4-8-15(9-5-13)16-10-6-14(7-11-16)12-17(2,3)18(19,20)21;1-14-5-9-16(10-6-14)17-11-7-15(8-12-17)13-18(2,3)4;1-13(2)11-16-6-9-17(10-7-16)18-8-5-14(3)15(4)12-18;1-13(2)12-15-6-10-17(11-7-15)16-8-4-14(3)5-9-16;1-11-4-7-14(8-5-11)15-9-6-12(2)13(3)10-15;1-11-8-9-14(10-12(11)2)13-6-4-3-5-7-13/h4-11H,12H2,1-3H3;5-12H,13H2,1-4H3;5-10,12-13H,11H2,1-4H3;4-11,13H,12H2,1-3H3;4-10H,1-3H3;3-10H,1-2H3. The van der Waals surface area contributed by atoms with Crippen LogP contribution in [0.15, 0.2) is 279 Å². The monoisotopic (exact) mass is 1370 g/mol. The molecule has 0 nitrogen and oxygen atoms in total. The topological polar surface area (TPSA) is 0 Å². The Bertz CT molecular complexity index is 4480. The molecule has 0 radical (unpaired) electrons. The number of rotatable bonds is 13. The van der Waals surface area contributed by atoms with E-state index >= 15 is 0 Å². The van der Waals surface area contributed by atoms with Crippen molar-refractivity contribution in [3.8, 4) is 66.8 Å². The van der Waals surface area contributed by atoms with Gasteiger partial charge >= 0.3 is 6.18 Å². The highest BCUT2D eigenvalue weighted by Crippen LogP contribution is 2.40. The number of hydrogen-bond acceptors (Lipinski definition) is 0. The summed E-state index contributed by atoms with van der Waals surface area (Å²) in [6.07, 6.45) is -0.754. The van der Waals surface area contributed by atoms with Crippen molar-refractivity contribution >= 4 is 0 Å². The maximum atomic E-state index is 12.9. The van der Waals surface area contributed by atoms with E-state index < -0.39 is 11.6 Å². The summed E-state index contributed by atoms with van der Waals surface area (Å²) in [5, 5.41) is 0. The van der Waals surface area contributed by atoms with E-state index in [4.69, 9.17) is 0 Å². The predicted octanol–water partition coefficient (Wildman–Crippen LogP) is 29.3. The molecule has 0 aliphatic carbocycles. The largest absolute Gasteiger partial charge is 0.394 e. The van der Waals surface area contributed by atoms with Gasteiger partial charge in [0.2, 0.25) is 0 Å². The third-order valence-electron chi connectivity index (χ3n) is 18.8. The van der Waals surface area contributed by atoms with Crippen molar-refractivity contribution < 1.29 is 13.2 Å². The van der Waals surface area contributed by atoms with E-state index in [0.717, 1.165) is 42.2 Å². The highest BCUT2D eigenvalue weighted by Gasteiger charge is 2.47. The zero-order valence-corrected chi connectivity index (χ0v) is 65.2. The van der Waals surface area contributed by atoms with Crippen molar-refractivity contribution in [3.05, 3.63) is 357 Å². The number of hydrogen-bond donors (Lipinski definition) is 0. The van der Waals surface area contributed by atoms with Crippen LogP contribution in [0.1, 0.15) is 140 Å². The van der Waals surface area contributed by atoms with Gasteiger partial charge in [-0.1, -0.05) is 364 Å². The fourth-order valence-electron chi connectivity index (χ4n) is 11.8. The minimum absolute atomic E-state index is 0.00925. The molecule has 0 aliphatic rings. The molecule has 12 rings (SSSR count). The van der Waals surface area contributed by atoms with Crippen molar-refractivity contribution in [1.82, 2.24) is 0 Å². The Balaban J connectivity index is 0.000000174. The van der Waals surface area contributed by atoms with Crippen LogP contribution < -0.4 is 0 Å². The number of alkyl halides is 3. The molecule has 0 unspecified atom stereocenters. The lowest BCUT2D eigenvalue weighted by molar-refractivity contribution is -0.211. The molecular weight excluding hydrogens is 1260 g/mol. The zero-order valence-electron chi connectivity index (χ0n) is 65.2. The Hall–Kier alpha value is -9.57. The maximum absolute atomic E-state index is 12.9. The first-order valence-corrected chi connectivity index (χ1v) is 36.8. The van der Waals surface area contributed by atoms with E-state index in [2.05, 4.69) is 335 Å². The Labute approximate surface area is 619 Å². The van der Waals surface area contributed by atoms with Gasteiger partial charge in [-0.25, -0.2) is 0 Å². The van der Waals surface area contributed by atoms with Crippen molar-refractivity contribution in [2.24, 2.45) is 22.7 Å². The van der Waals surface area contributed by atoms with Gasteiger partial charge in [0.25, 0.3) is 0 Å². The number of aryl methyl sites for hydroxylation is 10. The van der Waals surface area contributed by atoms with Gasteiger partial charge < -0.3 is 0 Å². The van der Waals surface area contributed by atoms with Crippen molar-refractivity contribution in [3.63, 3.8) is 0 Å². The van der Waals surface area contributed by atoms with E-state index in [-0.39, 0.29) is 6.42 Å². The quantitative estimate of drug-likeness (QED) is 0.108. The van der Waals surface area contributed by atoms with Crippen molar-refractivity contribution in [1.29, 1.82) is 0 Å². The van der Waals surface area contributed by atoms with Crippen LogP contribution in [-0.2, 0) is 25.7 Å². The fraction of sp³-hybridized carbons (Fsp3) is 0.280. The van der Waals surface area contributed by atoms with Crippen LogP contribution in [0, 0.1) is 91.9 Å². The van der Waals surface area contributed by atoms with Gasteiger partial charge in [-0.3, -0.25) is 0 Å². The Morgan fingerprint density at radius 1 is 0.233 bits per heavy atom. The summed E-state index contributed by atoms with van der Waals surface area (Å²) in [5.41, 5.74) is 31.9. The van der Waals surface area contributed by atoms with Gasteiger partial charge in [0.1, 0.15) is 0 Å². The van der Waals surface area contributed by atoms with Gasteiger partial charge in [-0.05, 0) is 235 Å². The van der Waals surface area contributed by atoms with E-state index in [1.165, 1.54) is 142 Å². The van der Waals surface area contributed by atoms with Crippen LogP contribution in [0.4, 0.5) is 13.2 Å². The summed E-state index contributed by atoms with van der Waals surface area (Å²) in [7, 11) is 0. The van der Waals surface area contributed by atoms with Crippen molar-refractivity contribution in [2.75, 3.05) is 0 Å². The second-order valence-electron chi connectivity index (χ2n) is 31.0. The molecule has 103 heavy (non-hydrogen) atoms. The van der Waals surface area contributed by atoms with Crippen LogP contribution in [0.5, 0.6) is 0 Å². The number of benzene rings is 12. The molecule has 534 valence electrons. The van der Waals surface area contributed by atoms with Gasteiger partial charge in [0.05, 0.1) is 5.41 Å². The minimum Gasteiger partial charge on any atom is -0.171 e. The Kier molecular flexibility index (Phi) is 29.9. The highest BCUT2D eigenvalue weighted by molar-refractivity contribution is 5.69. The van der Waals surface area contributed by atoms with Crippen LogP contribution >= 0.6 is 0 Å². The maximum Gasteiger partial charge on any atom is 0.394 e. The summed E-state index contributed by atoms with van der Waals surface area (Å²) in [5.74, 6) is 1.44. The molecule has 0 saturated heterocycles. The van der Waals surface area contributed by atoms with Crippen molar-refractivity contribution in [2.45, 2.75) is 163 Å².